The number of nitrogens with zero attached hydrogens (tertiary/aromatic N) is 2. The number of thiazole rings is 1. The first-order chi connectivity index (χ1) is 13.7. The lowest BCUT2D eigenvalue weighted by molar-refractivity contribution is 0.413. The monoisotopic (exact) mass is 546 g/mol. The molecule has 1 fully saturated rings. The molecule has 0 bridgehead atoms. The molecule has 1 aliphatic carbocycles. The number of hydrogen-bond donors (Lipinski definition) is 2. The van der Waals surface area contributed by atoms with Gasteiger partial charge in [0.05, 0.1) is 12.2 Å². The number of guanidine groups is 1. The minimum atomic E-state index is -0.710. The first-order valence-electron chi connectivity index (χ1n) is 10.1. The van der Waals surface area contributed by atoms with Gasteiger partial charge in [-0.25, -0.2) is 9.98 Å². The lowest BCUT2D eigenvalue weighted by Gasteiger charge is -2.30. The minimum Gasteiger partial charge on any atom is -0.357 e. The fourth-order valence-corrected chi connectivity index (χ4v) is 5.61. The summed E-state index contributed by atoms with van der Waals surface area (Å²) in [6, 6.07) is 10.6. The van der Waals surface area contributed by atoms with Crippen LogP contribution < -0.4 is 10.6 Å². The molecule has 2 aromatic rings. The quantitative estimate of drug-likeness (QED) is 0.304. The maximum Gasteiger partial charge on any atom is 0.191 e. The van der Waals surface area contributed by atoms with Crippen molar-refractivity contribution in [3.63, 3.8) is 0 Å². The summed E-state index contributed by atoms with van der Waals surface area (Å²) >= 11 is 1.64. The van der Waals surface area contributed by atoms with E-state index < -0.39 is 10.8 Å². The third kappa shape index (κ3) is 7.32. The molecule has 2 N–H and O–H groups in total. The van der Waals surface area contributed by atoms with Crippen molar-refractivity contribution in [2.45, 2.75) is 57.4 Å². The third-order valence-electron chi connectivity index (χ3n) is 4.96. The summed E-state index contributed by atoms with van der Waals surface area (Å²) in [4.78, 5) is 9.46. The topological polar surface area (TPSA) is 66.4 Å². The van der Waals surface area contributed by atoms with Crippen molar-refractivity contribution in [3.05, 3.63) is 40.7 Å². The second-order valence-electron chi connectivity index (χ2n) is 6.99. The van der Waals surface area contributed by atoms with Crippen molar-refractivity contribution >= 4 is 52.1 Å². The Hall–Kier alpha value is -1.000. The van der Waals surface area contributed by atoms with E-state index >= 15 is 0 Å². The number of aliphatic imine (C=N–C) groups is 1. The van der Waals surface area contributed by atoms with Gasteiger partial charge < -0.3 is 10.6 Å². The van der Waals surface area contributed by atoms with Crippen LogP contribution in [0.25, 0.3) is 11.3 Å². The molecule has 3 unspecified atom stereocenters. The Labute approximate surface area is 197 Å². The highest BCUT2D eigenvalue weighted by molar-refractivity contribution is 14.0. The van der Waals surface area contributed by atoms with Gasteiger partial charge in [0.25, 0.3) is 0 Å². The van der Waals surface area contributed by atoms with Crippen molar-refractivity contribution in [3.8, 4) is 11.3 Å². The molecule has 1 saturated carbocycles. The SMILES string of the molecule is CCNC(=NCc1nc(-c2ccccc2)cs1)NC1CCCC(S(=O)CC)C1.I. The molecule has 0 aliphatic heterocycles. The van der Waals surface area contributed by atoms with Gasteiger partial charge in [0.15, 0.2) is 5.96 Å². The summed E-state index contributed by atoms with van der Waals surface area (Å²) in [7, 11) is -0.710. The van der Waals surface area contributed by atoms with Crippen LogP contribution >= 0.6 is 35.3 Å². The van der Waals surface area contributed by atoms with Crippen molar-refractivity contribution in [1.82, 2.24) is 15.6 Å². The van der Waals surface area contributed by atoms with Crippen LogP contribution in [0.4, 0.5) is 0 Å². The van der Waals surface area contributed by atoms with Crippen LogP contribution in [0.1, 0.15) is 44.5 Å². The van der Waals surface area contributed by atoms with Crippen LogP contribution in [-0.2, 0) is 17.3 Å². The van der Waals surface area contributed by atoms with Gasteiger partial charge in [0, 0.05) is 45.3 Å². The zero-order valence-electron chi connectivity index (χ0n) is 17.1. The number of aromatic nitrogens is 1. The largest absolute Gasteiger partial charge is 0.357 e. The molecule has 0 amide bonds. The lowest BCUT2D eigenvalue weighted by Crippen LogP contribution is -2.46. The van der Waals surface area contributed by atoms with E-state index in [4.69, 9.17) is 9.98 Å². The zero-order valence-corrected chi connectivity index (χ0v) is 21.1. The summed E-state index contributed by atoms with van der Waals surface area (Å²) in [5.74, 6) is 1.58. The van der Waals surface area contributed by atoms with Crippen molar-refractivity contribution in [2.75, 3.05) is 12.3 Å². The number of rotatable bonds is 7. The van der Waals surface area contributed by atoms with Crippen molar-refractivity contribution < 1.29 is 4.21 Å². The van der Waals surface area contributed by atoms with E-state index in [0.717, 1.165) is 60.2 Å². The van der Waals surface area contributed by atoms with Gasteiger partial charge >= 0.3 is 0 Å². The van der Waals surface area contributed by atoms with E-state index in [1.165, 1.54) is 0 Å². The van der Waals surface area contributed by atoms with E-state index in [-0.39, 0.29) is 24.0 Å². The standard InChI is InChI=1S/C21H30N4OS2.HI/c1-3-22-21(24-17-11-8-12-18(13-17)28(26)4-2)23-14-20-25-19(15-27-20)16-9-6-5-7-10-16;/h5-7,9-10,15,17-18H,3-4,8,11-14H2,1-2H3,(H2,22,23,24);1H. The summed E-state index contributed by atoms with van der Waals surface area (Å²) in [5, 5.41) is 10.3. The number of benzene rings is 1. The van der Waals surface area contributed by atoms with Gasteiger partial charge in [0.2, 0.25) is 0 Å². The predicted molar refractivity (Wildman–Crippen MR) is 136 cm³/mol. The Kier molecular flexibility index (Phi) is 10.6. The van der Waals surface area contributed by atoms with Gasteiger partial charge in [-0.1, -0.05) is 43.7 Å². The summed E-state index contributed by atoms with van der Waals surface area (Å²) in [6.07, 6.45) is 4.27. The number of hydrogen-bond acceptors (Lipinski definition) is 4. The Bertz CT molecular complexity index is 797. The van der Waals surface area contributed by atoms with Crippen LogP contribution in [-0.4, -0.2) is 38.7 Å². The Morgan fingerprint density at radius 2 is 2.07 bits per heavy atom. The molecule has 0 saturated heterocycles. The molecular weight excluding hydrogens is 515 g/mol. The summed E-state index contributed by atoms with van der Waals surface area (Å²) in [6.45, 7) is 5.46. The zero-order chi connectivity index (χ0) is 19.8. The molecule has 1 aliphatic rings. The minimum absolute atomic E-state index is 0. The molecule has 3 atom stereocenters. The maximum absolute atomic E-state index is 12.2. The van der Waals surface area contributed by atoms with E-state index in [2.05, 4.69) is 35.1 Å². The van der Waals surface area contributed by atoms with Crippen LogP contribution in [0, 0.1) is 0 Å². The first-order valence-corrected chi connectivity index (χ1v) is 12.4. The smallest absolute Gasteiger partial charge is 0.191 e. The highest BCUT2D eigenvalue weighted by Crippen LogP contribution is 2.24. The molecule has 5 nitrogen and oxygen atoms in total. The van der Waals surface area contributed by atoms with Gasteiger partial charge in [-0.15, -0.1) is 35.3 Å². The molecule has 29 heavy (non-hydrogen) atoms. The number of nitrogens with one attached hydrogen (secondary N) is 2. The third-order valence-corrected chi connectivity index (χ3v) is 7.54. The summed E-state index contributed by atoms with van der Waals surface area (Å²) < 4.78 is 12.2. The van der Waals surface area contributed by atoms with Gasteiger partial charge in [-0.2, -0.15) is 0 Å². The molecule has 0 radical (unpaired) electrons. The Morgan fingerprint density at radius 3 is 2.79 bits per heavy atom. The highest BCUT2D eigenvalue weighted by atomic mass is 127. The van der Waals surface area contributed by atoms with E-state index in [1.54, 1.807) is 11.3 Å². The molecule has 1 aromatic heterocycles. The molecule has 8 heteroatoms. The second-order valence-corrected chi connectivity index (χ2v) is 9.94. The summed E-state index contributed by atoms with van der Waals surface area (Å²) in [5.41, 5.74) is 2.14. The Morgan fingerprint density at radius 1 is 1.28 bits per heavy atom. The fourth-order valence-electron chi connectivity index (χ4n) is 3.54. The second kappa shape index (κ2) is 12.6. The molecule has 1 heterocycles. The van der Waals surface area contributed by atoms with Crippen LogP contribution in [0.2, 0.25) is 0 Å². The van der Waals surface area contributed by atoms with Gasteiger partial charge in [-0.3, -0.25) is 4.21 Å². The Balaban J connectivity index is 0.00000300. The van der Waals surface area contributed by atoms with Crippen LogP contribution in [0.15, 0.2) is 40.7 Å². The molecule has 1 aromatic carbocycles. The van der Waals surface area contributed by atoms with Crippen LogP contribution in [0.5, 0.6) is 0 Å². The van der Waals surface area contributed by atoms with E-state index in [0.29, 0.717) is 17.8 Å². The van der Waals surface area contributed by atoms with E-state index in [1.807, 2.05) is 25.1 Å². The fraction of sp³-hybridized carbons (Fsp3) is 0.524. The average molecular weight is 547 g/mol. The highest BCUT2D eigenvalue weighted by Gasteiger charge is 2.26. The molecular formula is C21H31IN4OS2. The molecule has 0 spiro atoms. The lowest BCUT2D eigenvalue weighted by atomic mass is 9.95. The van der Waals surface area contributed by atoms with Crippen LogP contribution in [0.3, 0.4) is 0 Å². The molecule has 3 rings (SSSR count). The average Bonchev–Trinajstić information content (AvgIpc) is 3.21. The van der Waals surface area contributed by atoms with Gasteiger partial charge in [-0.05, 0) is 26.2 Å². The van der Waals surface area contributed by atoms with Crippen molar-refractivity contribution in [1.29, 1.82) is 0 Å². The predicted octanol–water partition coefficient (Wildman–Crippen LogP) is 4.56. The number of halogens is 1. The van der Waals surface area contributed by atoms with Gasteiger partial charge in [0.1, 0.15) is 5.01 Å². The first kappa shape index (κ1) is 24.3. The normalized spacial score (nSPS) is 20.6. The van der Waals surface area contributed by atoms with Crippen molar-refractivity contribution in [2.24, 2.45) is 4.99 Å². The molecule has 160 valence electrons. The van der Waals surface area contributed by atoms with E-state index in [9.17, 15) is 4.21 Å². The maximum atomic E-state index is 12.2.